The van der Waals surface area contributed by atoms with Gasteiger partial charge in [0.1, 0.15) is 5.82 Å². The lowest BCUT2D eigenvalue weighted by atomic mass is 9.68. The Morgan fingerprint density at radius 2 is 2.00 bits per heavy atom. The van der Waals surface area contributed by atoms with Gasteiger partial charge in [-0.05, 0) is 60.6 Å². The van der Waals surface area contributed by atoms with Crippen molar-refractivity contribution in [2.75, 3.05) is 0 Å². The molecule has 1 saturated carbocycles. The first-order valence-corrected chi connectivity index (χ1v) is 8.16. The molecule has 19 heavy (non-hydrogen) atoms. The number of hydrogen-bond donors (Lipinski definition) is 0. The maximum absolute atomic E-state index is 13.3. The van der Waals surface area contributed by atoms with E-state index in [4.69, 9.17) is 0 Å². The summed E-state index contributed by atoms with van der Waals surface area (Å²) in [6.07, 6.45) is 4.77. The van der Waals surface area contributed by atoms with Gasteiger partial charge >= 0.3 is 0 Å². The average Bonchev–Trinajstić information content (AvgIpc) is 2.30. The molecule has 3 unspecified atom stereocenters. The van der Waals surface area contributed by atoms with E-state index in [1.165, 1.54) is 25.3 Å². The van der Waals surface area contributed by atoms with Crippen LogP contribution in [0.25, 0.3) is 0 Å². The molecule has 0 amide bonds. The van der Waals surface area contributed by atoms with Crippen LogP contribution in [0.2, 0.25) is 0 Å². The Hall–Kier alpha value is -0.370. The molecule has 0 heterocycles. The SMILES string of the molecule is CC(C)(C)C1CCC(Br)C(Cc2cccc(F)c2)C1. The summed E-state index contributed by atoms with van der Waals surface area (Å²) in [4.78, 5) is 0.578. The highest BCUT2D eigenvalue weighted by atomic mass is 79.9. The summed E-state index contributed by atoms with van der Waals surface area (Å²) in [5.41, 5.74) is 1.51. The van der Waals surface area contributed by atoms with Crippen LogP contribution in [-0.2, 0) is 6.42 Å². The first-order chi connectivity index (χ1) is 8.86. The monoisotopic (exact) mass is 326 g/mol. The van der Waals surface area contributed by atoms with Crippen molar-refractivity contribution >= 4 is 15.9 Å². The molecule has 0 saturated heterocycles. The fourth-order valence-electron chi connectivity index (χ4n) is 3.19. The van der Waals surface area contributed by atoms with Crippen molar-refractivity contribution < 1.29 is 4.39 Å². The molecular formula is C17H24BrF. The quantitative estimate of drug-likeness (QED) is 0.621. The lowest BCUT2D eigenvalue weighted by Gasteiger charge is -2.40. The smallest absolute Gasteiger partial charge is 0.123 e. The van der Waals surface area contributed by atoms with Crippen LogP contribution >= 0.6 is 15.9 Å². The molecule has 1 fully saturated rings. The minimum Gasteiger partial charge on any atom is -0.207 e. The second kappa shape index (κ2) is 5.95. The summed E-state index contributed by atoms with van der Waals surface area (Å²) in [5, 5.41) is 0. The summed E-state index contributed by atoms with van der Waals surface area (Å²) in [5.74, 6) is 1.28. The Morgan fingerprint density at radius 1 is 1.26 bits per heavy atom. The Bertz CT molecular complexity index is 422. The van der Waals surface area contributed by atoms with Crippen LogP contribution in [0, 0.1) is 23.1 Å². The van der Waals surface area contributed by atoms with E-state index in [1.54, 1.807) is 6.07 Å². The molecule has 2 rings (SSSR count). The van der Waals surface area contributed by atoms with Gasteiger partial charge in [0.15, 0.2) is 0 Å². The molecule has 1 aliphatic carbocycles. The number of halogens is 2. The van der Waals surface area contributed by atoms with Gasteiger partial charge in [-0.15, -0.1) is 0 Å². The standard InChI is InChI=1S/C17H24BrF/c1-17(2,3)14-7-8-16(18)13(11-14)9-12-5-4-6-15(19)10-12/h4-6,10,13-14,16H,7-9,11H2,1-3H3. The van der Waals surface area contributed by atoms with Gasteiger partial charge in [-0.2, -0.15) is 0 Å². The second-order valence-corrected chi connectivity index (χ2v) is 8.16. The molecule has 0 spiro atoms. The highest BCUT2D eigenvalue weighted by Gasteiger charge is 2.34. The van der Waals surface area contributed by atoms with Gasteiger partial charge in [0.25, 0.3) is 0 Å². The third kappa shape index (κ3) is 4.05. The molecule has 2 heteroatoms. The van der Waals surface area contributed by atoms with Crippen molar-refractivity contribution in [3.05, 3.63) is 35.6 Å². The maximum Gasteiger partial charge on any atom is 0.123 e. The van der Waals surface area contributed by atoms with Gasteiger partial charge in [0.2, 0.25) is 0 Å². The minimum absolute atomic E-state index is 0.119. The Kier molecular flexibility index (Phi) is 4.70. The molecule has 1 aliphatic rings. The summed E-state index contributed by atoms with van der Waals surface area (Å²) in [7, 11) is 0. The summed E-state index contributed by atoms with van der Waals surface area (Å²) in [6.45, 7) is 7.02. The van der Waals surface area contributed by atoms with Crippen LogP contribution in [0.1, 0.15) is 45.6 Å². The number of rotatable bonds is 2. The van der Waals surface area contributed by atoms with Crippen LogP contribution in [0.4, 0.5) is 4.39 Å². The molecule has 0 nitrogen and oxygen atoms in total. The predicted molar refractivity (Wildman–Crippen MR) is 83.1 cm³/mol. The van der Waals surface area contributed by atoms with Gasteiger partial charge < -0.3 is 0 Å². The molecule has 0 aliphatic heterocycles. The van der Waals surface area contributed by atoms with Gasteiger partial charge in [-0.1, -0.05) is 48.8 Å². The van der Waals surface area contributed by atoms with Crippen molar-refractivity contribution in [1.29, 1.82) is 0 Å². The van der Waals surface area contributed by atoms with Gasteiger partial charge in [0.05, 0.1) is 0 Å². The van der Waals surface area contributed by atoms with E-state index < -0.39 is 0 Å². The second-order valence-electron chi connectivity index (χ2n) is 6.99. The largest absolute Gasteiger partial charge is 0.207 e. The Morgan fingerprint density at radius 3 is 2.63 bits per heavy atom. The zero-order chi connectivity index (χ0) is 14.0. The van der Waals surface area contributed by atoms with E-state index in [0.717, 1.165) is 17.9 Å². The van der Waals surface area contributed by atoms with E-state index in [2.05, 4.69) is 36.7 Å². The summed E-state index contributed by atoms with van der Waals surface area (Å²) in [6, 6.07) is 7.07. The topological polar surface area (TPSA) is 0 Å². The van der Waals surface area contributed by atoms with Gasteiger partial charge in [-0.25, -0.2) is 4.39 Å². The fourth-order valence-corrected chi connectivity index (χ4v) is 3.86. The normalized spacial score (nSPS) is 28.4. The molecular weight excluding hydrogens is 303 g/mol. The van der Waals surface area contributed by atoms with E-state index in [1.807, 2.05) is 12.1 Å². The van der Waals surface area contributed by atoms with Crippen LogP contribution in [0.5, 0.6) is 0 Å². The van der Waals surface area contributed by atoms with Gasteiger partial charge in [0, 0.05) is 4.83 Å². The zero-order valence-electron chi connectivity index (χ0n) is 12.1. The van der Waals surface area contributed by atoms with Crippen LogP contribution in [0.15, 0.2) is 24.3 Å². The molecule has 106 valence electrons. The lowest BCUT2D eigenvalue weighted by molar-refractivity contribution is 0.146. The fraction of sp³-hybridized carbons (Fsp3) is 0.647. The molecule has 1 aromatic carbocycles. The molecule has 1 aromatic rings. The Balaban J connectivity index is 2.05. The highest BCUT2D eigenvalue weighted by Crippen LogP contribution is 2.43. The predicted octanol–water partition coefficient (Wildman–Crippen LogP) is 5.59. The third-order valence-electron chi connectivity index (χ3n) is 4.50. The average molecular weight is 327 g/mol. The van der Waals surface area contributed by atoms with E-state index >= 15 is 0 Å². The van der Waals surface area contributed by atoms with Crippen molar-refractivity contribution in [1.82, 2.24) is 0 Å². The van der Waals surface area contributed by atoms with Crippen molar-refractivity contribution in [2.24, 2.45) is 17.3 Å². The van der Waals surface area contributed by atoms with E-state index in [0.29, 0.717) is 16.2 Å². The molecule has 0 N–H and O–H groups in total. The lowest BCUT2D eigenvalue weighted by Crippen LogP contribution is -2.33. The van der Waals surface area contributed by atoms with E-state index in [9.17, 15) is 4.39 Å². The number of alkyl halides is 1. The highest BCUT2D eigenvalue weighted by molar-refractivity contribution is 9.09. The molecule has 3 atom stereocenters. The van der Waals surface area contributed by atoms with Crippen molar-refractivity contribution in [2.45, 2.75) is 51.3 Å². The minimum atomic E-state index is -0.119. The Labute approximate surface area is 124 Å². The first-order valence-electron chi connectivity index (χ1n) is 7.25. The number of benzene rings is 1. The maximum atomic E-state index is 13.3. The molecule has 0 aromatic heterocycles. The van der Waals surface area contributed by atoms with Crippen LogP contribution < -0.4 is 0 Å². The molecule has 0 radical (unpaired) electrons. The first kappa shape index (κ1) is 15.0. The third-order valence-corrected chi connectivity index (χ3v) is 5.71. The van der Waals surface area contributed by atoms with E-state index in [-0.39, 0.29) is 5.82 Å². The number of hydrogen-bond acceptors (Lipinski definition) is 0. The molecule has 0 bridgehead atoms. The summed E-state index contributed by atoms with van der Waals surface area (Å²) >= 11 is 3.83. The van der Waals surface area contributed by atoms with Crippen molar-refractivity contribution in [3.63, 3.8) is 0 Å². The zero-order valence-corrected chi connectivity index (χ0v) is 13.7. The summed E-state index contributed by atoms with van der Waals surface area (Å²) < 4.78 is 13.3. The van der Waals surface area contributed by atoms with Gasteiger partial charge in [-0.3, -0.25) is 0 Å². The van der Waals surface area contributed by atoms with Crippen molar-refractivity contribution in [3.8, 4) is 0 Å². The van der Waals surface area contributed by atoms with Crippen LogP contribution in [0.3, 0.4) is 0 Å². The van der Waals surface area contributed by atoms with Crippen LogP contribution in [-0.4, -0.2) is 4.83 Å².